The summed E-state index contributed by atoms with van der Waals surface area (Å²) in [6.45, 7) is 3.23. The molecule has 0 radical (unpaired) electrons. The van der Waals surface area contributed by atoms with Crippen molar-refractivity contribution in [2.75, 3.05) is 13.1 Å². The molecule has 0 aliphatic carbocycles. The topological polar surface area (TPSA) is 58.4 Å². The monoisotopic (exact) mass is 370 g/mol. The van der Waals surface area contributed by atoms with Crippen molar-refractivity contribution in [3.05, 3.63) is 53.4 Å². The third kappa shape index (κ3) is 3.86. The number of benzene rings is 1. The molecule has 0 saturated carbocycles. The summed E-state index contributed by atoms with van der Waals surface area (Å²) in [7, 11) is 0. The number of carbonyl (C=O) groups is 2. The minimum absolute atomic E-state index is 0.0153. The molecule has 7 heteroatoms. The number of amides is 2. The van der Waals surface area contributed by atoms with Crippen LogP contribution in [0, 0.1) is 5.82 Å². The molecule has 1 fully saturated rings. The van der Waals surface area contributed by atoms with Gasteiger partial charge in [-0.2, -0.15) is 0 Å². The van der Waals surface area contributed by atoms with Gasteiger partial charge >= 0.3 is 0 Å². The van der Waals surface area contributed by atoms with E-state index >= 15 is 0 Å². The Labute approximate surface area is 157 Å². The average Bonchev–Trinajstić information content (AvgIpc) is 3.14. The van der Waals surface area contributed by atoms with Crippen LogP contribution in [0.3, 0.4) is 0 Å². The molecule has 0 atom stereocenters. The molecule has 0 spiro atoms. The number of fused-ring (bicyclic) bond motifs is 1. The predicted molar refractivity (Wildman–Crippen MR) is 97.0 cm³/mol. The van der Waals surface area contributed by atoms with Crippen molar-refractivity contribution in [3.8, 4) is 0 Å². The second-order valence-corrected chi connectivity index (χ2v) is 7.23. The van der Waals surface area contributed by atoms with Crippen LogP contribution in [-0.4, -0.2) is 44.3 Å². The summed E-state index contributed by atoms with van der Waals surface area (Å²) in [6.07, 6.45) is 4.35. The molecule has 2 amide bonds. The fourth-order valence-corrected chi connectivity index (χ4v) is 3.85. The van der Waals surface area contributed by atoms with E-state index in [0.29, 0.717) is 31.6 Å². The molecule has 1 aromatic carbocycles. The number of hydrogen-bond donors (Lipinski definition) is 0. The van der Waals surface area contributed by atoms with E-state index in [2.05, 4.69) is 9.55 Å². The van der Waals surface area contributed by atoms with Crippen LogP contribution in [-0.2, 0) is 35.6 Å². The maximum absolute atomic E-state index is 13.4. The molecule has 2 aromatic rings. The quantitative estimate of drug-likeness (QED) is 0.828. The molecule has 0 N–H and O–H groups in total. The normalized spacial score (nSPS) is 17.1. The van der Waals surface area contributed by atoms with Gasteiger partial charge in [0.1, 0.15) is 5.82 Å². The molecule has 0 unspecified atom stereocenters. The molecule has 4 rings (SSSR count). The standard InChI is InChI=1S/C20H23FN4O2/c21-16-5-1-4-15(10-16)11-20(27)24-8-3-9-25-14-22-17(18(25)13-24)12-23-7-2-6-19(23)26/h1,4-5,10,14H,2-3,6-9,11-13H2. The van der Waals surface area contributed by atoms with E-state index in [0.717, 1.165) is 37.3 Å². The Kier molecular flexibility index (Phi) is 4.92. The fraction of sp³-hybridized carbons (Fsp3) is 0.450. The van der Waals surface area contributed by atoms with E-state index in [4.69, 9.17) is 0 Å². The molecule has 6 nitrogen and oxygen atoms in total. The van der Waals surface area contributed by atoms with Crippen molar-refractivity contribution in [2.24, 2.45) is 0 Å². The van der Waals surface area contributed by atoms with Gasteiger partial charge in [0.2, 0.25) is 11.8 Å². The van der Waals surface area contributed by atoms with Crippen LogP contribution in [0.2, 0.25) is 0 Å². The second kappa shape index (κ2) is 7.50. The lowest BCUT2D eigenvalue weighted by Crippen LogP contribution is -2.33. The van der Waals surface area contributed by atoms with Gasteiger partial charge < -0.3 is 14.4 Å². The van der Waals surface area contributed by atoms with Crippen LogP contribution >= 0.6 is 0 Å². The Morgan fingerprint density at radius 2 is 2.07 bits per heavy atom. The average molecular weight is 370 g/mol. The molecule has 2 aliphatic rings. The van der Waals surface area contributed by atoms with Crippen LogP contribution < -0.4 is 0 Å². The van der Waals surface area contributed by atoms with Crippen molar-refractivity contribution >= 4 is 11.8 Å². The van der Waals surface area contributed by atoms with Crippen LogP contribution in [0.15, 0.2) is 30.6 Å². The van der Waals surface area contributed by atoms with E-state index < -0.39 is 0 Å². The minimum Gasteiger partial charge on any atom is -0.337 e. The lowest BCUT2D eigenvalue weighted by atomic mass is 10.1. The van der Waals surface area contributed by atoms with E-state index in [1.165, 1.54) is 12.1 Å². The Balaban J connectivity index is 1.49. The lowest BCUT2D eigenvalue weighted by Gasteiger charge is -2.22. The lowest BCUT2D eigenvalue weighted by molar-refractivity contribution is -0.131. The Bertz CT molecular complexity index is 863. The summed E-state index contributed by atoms with van der Waals surface area (Å²) in [4.78, 5) is 32.9. The van der Waals surface area contributed by atoms with Crippen molar-refractivity contribution in [1.29, 1.82) is 0 Å². The van der Waals surface area contributed by atoms with Crippen LogP contribution in [0.4, 0.5) is 4.39 Å². The van der Waals surface area contributed by atoms with Gasteiger partial charge in [-0.3, -0.25) is 9.59 Å². The van der Waals surface area contributed by atoms with Gasteiger partial charge in [-0.05, 0) is 30.5 Å². The highest BCUT2D eigenvalue weighted by molar-refractivity contribution is 5.79. The zero-order valence-electron chi connectivity index (χ0n) is 15.2. The molecule has 2 aliphatic heterocycles. The van der Waals surface area contributed by atoms with Gasteiger partial charge in [0.25, 0.3) is 0 Å². The Morgan fingerprint density at radius 1 is 1.19 bits per heavy atom. The van der Waals surface area contributed by atoms with Crippen LogP contribution in [0.5, 0.6) is 0 Å². The third-order valence-corrected chi connectivity index (χ3v) is 5.31. The number of likely N-dealkylation sites (tertiary alicyclic amines) is 1. The molecule has 3 heterocycles. The zero-order chi connectivity index (χ0) is 18.8. The summed E-state index contributed by atoms with van der Waals surface area (Å²) < 4.78 is 15.5. The number of halogens is 1. The number of hydrogen-bond acceptors (Lipinski definition) is 3. The largest absolute Gasteiger partial charge is 0.337 e. The highest BCUT2D eigenvalue weighted by atomic mass is 19.1. The number of imidazole rings is 1. The number of aromatic nitrogens is 2. The third-order valence-electron chi connectivity index (χ3n) is 5.31. The SMILES string of the molecule is O=C1CCCN1Cc1ncn2c1CN(C(=O)Cc1cccc(F)c1)CCC2. The molecular formula is C20H23FN4O2. The molecular weight excluding hydrogens is 347 g/mol. The van der Waals surface area contributed by atoms with Crippen molar-refractivity contribution in [3.63, 3.8) is 0 Å². The first kappa shape index (κ1) is 17.7. The van der Waals surface area contributed by atoms with Gasteiger partial charge in [-0.15, -0.1) is 0 Å². The number of rotatable bonds is 4. The smallest absolute Gasteiger partial charge is 0.227 e. The maximum atomic E-state index is 13.4. The molecule has 27 heavy (non-hydrogen) atoms. The van der Waals surface area contributed by atoms with Crippen LogP contribution in [0.1, 0.15) is 36.2 Å². The maximum Gasteiger partial charge on any atom is 0.227 e. The van der Waals surface area contributed by atoms with Crippen molar-refractivity contribution in [1.82, 2.24) is 19.4 Å². The van der Waals surface area contributed by atoms with Gasteiger partial charge in [0, 0.05) is 26.1 Å². The molecule has 142 valence electrons. The predicted octanol–water partition coefficient (Wildman–Crippen LogP) is 2.12. The first-order valence-corrected chi connectivity index (χ1v) is 9.43. The first-order chi connectivity index (χ1) is 13.1. The van der Waals surface area contributed by atoms with E-state index in [1.54, 1.807) is 12.1 Å². The van der Waals surface area contributed by atoms with Gasteiger partial charge in [-0.25, -0.2) is 9.37 Å². The highest BCUT2D eigenvalue weighted by Gasteiger charge is 2.26. The second-order valence-electron chi connectivity index (χ2n) is 7.23. The molecule has 1 aromatic heterocycles. The van der Waals surface area contributed by atoms with Crippen molar-refractivity contribution in [2.45, 2.75) is 45.3 Å². The summed E-state index contributed by atoms with van der Waals surface area (Å²) in [5, 5.41) is 0. The summed E-state index contributed by atoms with van der Waals surface area (Å²) in [6, 6.07) is 6.18. The fourth-order valence-electron chi connectivity index (χ4n) is 3.85. The number of nitrogens with zero attached hydrogens (tertiary/aromatic N) is 4. The highest BCUT2D eigenvalue weighted by Crippen LogP contribution is 2.21. The summed E-state index contributed by atoms with van der Waals surface area (Å²) in [5.74, 6) is -0.172. The molecule has 0 bridgehead atoms. The number of aryl methyl sites for hydroxylation is 1. The Morgan fingerprint density at radius 3 is 2.85 bits per heavy atom. The van der Waals surface area contributed by atoms with Gasteiger partial charge in [0.05, 0.1) is 37.2 Å². The van der Waals surface area contributed by atoms with E-state index in [9.17, 15) is 14.0 Å². The summed E-state index contributed by atoms with van der Waals surface area (Å²) >= 11 is 0. The first-order valence-electron chi connectivity index (χ1n) is 9.43. The Hall–Kier alpha value is -2.70. The van der Waals surface area contributed by atoms with Gasteiger partial charge in [0.15, 0.2) is 0 Å². The summed E-state index contributed by atoms with van der Waals surface area (Å²) in [5.41, 5.74) is 2.55. The van der Waals surface area contributed by atoms with E-state index in [1.807, 2.05) is 16.1 Å². The van der Waals surface area contributed by atoms with Crippen LogP contribution in [0.25, 0.3) is 0 Å². The van der Waals surface area contributed by atoms with Gasteiger partial charge in [-0.1, -0.05) is 12.1 Å². The van der Waals surface area contributed by atoms with E-state index in [-0.39, 0.29) is 24.1 Å². The van der Waals surface area contributed by atoms with Crippen molar-refractivity contribution < 1.29 is 14.0 Å². The zero-order valence-corrected chi connectivity index (χ0v) is 15.2. The molecule has 1 saturated heterocycles. The number of carbonyl (C=O) groups excluding carboxylic acids is 2. The minimum atomic E-state index is -0.327.